The van der Waals surface area contributed by atoms with Crippen LogP contribution in [0.25, 0.3) is 11.3 Å². The third-order valence-electron chi connectivity index (χ3n) is 7.01. The molecule has 2 N–H and O–H groups in total. The number of amides is 2. The standard InChI is InChI=1S/C26H34F2N4O3/c1-16(2)14-29-25(33)20-15-32(18-6-4-3-5-7-18)11-10-22(20)30-26(34)23-13-24(35-31-23)19-9-8-17(27)12-21(19)28/h8-9,12-13,16,18,20,22H,3-7,10-11,14-15H2,1-2H3,(H,29,33)(H,30,34). The number of piperidine rings is 1. The van der Waals surface area contributed by atoms with Gasteiger partial charge in [-0.3, -0.25) is 14.5 Å². The van der Waals surface area contributed by atoms with Crippen LogP contribution in [0.15, 0.2) is 28.8 Å². The van der Waals surface area contributed by atoms with Crippen molar-refractivity contribution >= 4 is 11.8 Å². The van der Waals surface area contributed by atoms with Gasteiger partial charge in [-0.1, -0.05) is 38.3 Å². The van der Waals surface area contributed by atoms with E-state index in [2.05, 4.69) is 20.7 Å². The number of likely N-dealkylation sites (tertiary alicyclic amines) is 1. The zero-order valence-corrected chi connectivity index (χ0v) is 20.4. The smallest absolute Gasteiger partial charge is 0.273 e. The molecule has 2 aromatic rings. The molecular weight excluding hydrogens is 454 g/mol. The second-order valence-corrected chi connectivity index (χ2v) is 10.1. The summed E-state index contributed by atoms with van der Waals surface area (Å²) in [5, 5.41) is 9.78. The number of aromatic nitrogens is 1. The molecule has 35 heavy (non-hydrogen) atoms. The highest BCUT2D eigenvalue weighted by Gasteiger charge is 2.38. The van der Waals surface area contributed by atoms with Crippen LogP contribution in [0.5, 0.6) is 0 Å². The summed E-state index contributed by atoms with van der Waals surface area (Å²) in [5.41, 5.74) is 0.00412. The Kier molecular flexibility index (Phi) is 8.15. The molecule has 0 spiro atoms. The summed E-state index contributed by atoms with van der Waals surface area (Å²) in [7, 11) is 0. The summed E-state index contributed by atoms with van der Waals surface area (Å²) in [5.74, 6) is -2.07. The number of carbonyl (C=O) groups excluding carboxylic acids is 2. The van der Waals surface area contributed by atoms with Crippen LogP contribution < -0.4 is 10.6 Å². The molecule has 7 nitrogen and oxygen atoms in total. The van der Waals surface area contributed by atoms with E-state index < -0.39 is 17.5 Å². The first-order valence-electron chi connectivity index (χ1n) is 12.6. The van der Waals surface area contributed by atoms with Gasteiger partial charge in [0.25, 0.3) is 5.91 Å². The molecule has 1 aliphatic heterocycles. The molecule has 1 aliphatic carbocycles. The van der Waals surface area contributed by atoms with Crippen molar-refractivity contribution in [1.29, 1.82) is 0 Å². The lowest BCUT2D eigenvalue weighted by Gasteiger charge is -2.43. The minimum Gasteiger partial charge on any atom is -0.355 e. The van der Waals surface area contributed by atoms with E-state index in [1.165, 1.54) is 31.4 Å². The summed E-state index contributed by atoms with van der Waals surface area (Å²) in [6, 6.07) is 4.57. The minimum atomic E-state index is -0.801. The fourth-order valence-corrected chi connectivity index (χ4v) is 5.07. The molecule has 9 heteroatoms. The van der Waals surface area contributed by atoms with E-state index in [0.29, 0.717) is 31.5 Å². The quantitative estimate of drug-likeness (QED) is 0.612. The van der Waals surface area contributed by atoms with Gasteiger partial charge in [0.05, 0.1) is 11.5 Å². The molecule has 0 bridgehead atoms. The van der Waals surface area contributed by atoms with E-state index in [0.717, 1.165) is 31.5 Å². The van der Waals surface area contributed by atoms with Crippen LogP contribution in [0.1, 0.15) is 62.9 Å². The first-order chi connectivity index (χ1) is 16.8. The number of nitrogens with zero attached hydrogens (tertiary/aromatic N) is 2. The number of hydrogen-bond acceptors (Lipinski definition) is 5. The van der Waals surface area contributed by atoms with Gasteiger partial charge in [-0.05, 0) is 37.3 Å². The fourth-order valence-electron chi connectivity index (χ4n) is 5.07. The topological polar surface area (TPSA) is 87.5 Å². The lowest BCUT2D eigenvalue weighted by Crippen LogP contribution is -2.58. The lowest BCUT2D eigenvalue weighted by molar-refractivity contribution is -0.128. The number of halogens is 2. The van der Waals surface area contributed by atoms with Gasteiger partial charge < -0.3 is 15.2 Å². The van der Waals surface area contributed by atoms with Crippen molar-refractivity contribution in [3.05, 3.63) is 41.6 Å². The number of carbonyl (C=O) groups is 2. The Bertz CT molecular complexity index is 1040. The molecule has 190 valence electrons. The number of rotatable bonds is 7. The van der Waals surface area contributed by atoms with E-state index >= 15 is 0 Å². The van der Waals surface area contributed by atoms with Gasteiger partial charge in [0.1, 0.15) is 11.6 Å². The van der Waals surface area contributed by atoms with Crippen LogP contribution in [-0.2, 0) is 4.79 Å². The summed E-state index contributed by atoms with van der Waals surface area (Å²) in [4.78, 5) is 28.5. The molecule has 2 aliphatic rings. The molecule has 2 amide bonds. The largest absolute Gasteiger partial charge is 0.355 e. The number of benzene rings is 1. The summed E-state index contributed by atoms with van der Waals surface area (Å²) in [6.07, 6.45) is 6.66. The molecule has 1 saturated carbocycles. The van der Waals surface area contributed by atoms with Crippen molar-refractivity contribution in [2.75, 3.05) is 19.6 Å². The van der Waals surface area contributed by atoms with E-state index in [-0.39, 0.29) is 34.9 Å². The molecule has 1 aromatic carbocycles. The van der Waals surface area contributed by atoms with E-state index in [1.807, 2.05) is 13.8 Å². The minimum absolute atomic E-state index is 0.0141. The van der Waals surface area contributed by atoms with Gasteiger partial charge in [-0.15, -0.1) is 0 Å². The Morgan fingerprint density at radius 1 is 1.14 bits per heavy atom. The first-order valence-corrected chi connectivity index (χ1v) is 12.6. The predicted molar refractivity (Wildman–Crippen MR) is 128 cm³/mol. The Labute approximate surface area is 204 Å². The maximum Gasteiger partial charge on any atom is 0.273 e. The zero-order chi connectivity index (χ0) is 24.9. The first kappa shape index (κ1) is 25.3. The van der Waals surface area contributed by atoms with Crippen molar-refractivity contribution < 1.29 is 22.9 Å². The number of nitrogens with one attached hydrogen (secondary N) is 2. The van der Waals surface area contributed by atoms with Crippen molar-refractivity contribution in [3.8, 4) is 11.3 Å². The number of hydrogen-bond donors (Lipinski definition) is 2. The van der Waals surface area contributed by atoms with E-state index in [4.69, 9.17) is 4.52 Å². The van der Waals surface area contributed by atoms with Gasteiger partial charge in [-0.25, -0.2) is 8.78 Å². The maximum atomic E-state index is 14.1. The second kappa shape index (κ2) is 11.3. The van der Waals surface area contributed by atoms with Crippen molar-refractivity contribution in [3.63, 3.8) is 0 Å². The van der Waals surface area contributed by atoms with Crippen LogP contribution in [-0.4, -0.2) is 53.6 Å². The zero-order valence-electron chi connectivity index (χ0n) is 20.4. The van der Waals surface area contributed by atoms with Crippen molar-refractivity contribution in [2.24, 2.45) is 11.8 Å². The van der Waals surface area contributed by atoms with Gasteiger partial charge in [0, 0.05) is 43.9 Å². The highest BCUT2D eigenvalue weighted by Crippen LogP contribution is 2.28. The van der Waals surface area contributed by atoms with Crippen molar-refractivity contribution in [2.45, 2.75) is 64.5 Å². The van der Waals surface area contributed by atoms with Crippen LogP contribution in [0.3, 0.4) is 0 Å². The molecule has 4 rings (SSSR count). The monoisotopic (exact) mass is 488 g/mol. The molecule has 2 atom stereocenters. The Hall–Kier alpha value is -2.81. The fraction of sp³-hybridized carbons (Fsp3) is 0.577. The summed E-state index contributed by atoms with van der Waals surface area (Å²) < 4.78 is 32.5. The maximum absolute atomic E-state index is 14.1. The third-order valence-corrected chi connectivity index (χ3v) is 7.01. The summed E-state index contributed by atoms with van der Waals surface area (Å²) >= 11 is 0. The predicted octanol–water partition coefficient (Wildman–Crippen LogP) is 4.15. The molecule has 1 saturated heterocycles. The Morgan fingerprint density at radius 2 is 1.91 bits per heavy atom. The van der Waals surface area contributed by atoms with Gasteiger partial charge in [0.2, 0.25) is 5.91 Å². The van der Waals surface area contributed by atoms with Crippen LogP contribution in [0.4, 0.5) is 8.78 Å². The van der Waals surface area contributed by atoms with Crippen molar-refractivity contribution in [1.82, 2.24) is 20.7 Å². The Balaban J connectivity index is 1.46. The van der Waals surface area contributed by atoms with E-state index in [9.17, 15) is 18.4 Å². The highest BCUT2D eigenvalue weighted by molar-refractivity contribution is 5.94. The van der Waals surface area contributed by atoms with E-state index in [1.54, 1.807) is 0 Å². The molecular formula is C26H34F2N4O3. The SMILES string of the molecule is CC(C)CNC(=O)C1CN(C2CCCCC2)CCC1NC(=O)c1cc(-c2ccc(F)cc2F)on1. The Morgan fingerprint density at radius 3 is 2.63 bits per heavy atom. The molecule has 2 unspecified atom stereocenters. The lowest BCUT2D eigenvalue weighted by atomic mass is 9.87. The molecule has 0 radical (unpaired) electrons. The molecule has 2 fully saturated rings. The van der Waals surface area contributed by atoms with Crippen LogP contribution in [0, 0.1) is 23.5 Å². The normalized spacial score (nSPS) is 21.7. The van der Waals surface area contributed by atoms with Gasteiger partial charge in [-0.2, -0.15) is 0 Å². The van der Waals surface area contributed by atoms with Crippen LogP contribution >= 0.6 is 0 Å². The average molecular weight is 489 g/mol. The second-order valence-electron chi connectivity index (χ2n) is 10.1. The summed E-state index contributed by atoms with van der Waals surface area (Å²) in [6.45, 7) is 6.08. The highest BCUT2D eigenvalue weighted by atomic mass is 19.1. The molecule has 2 heterocycles. The third kappa shape index (κ3) is 6.25. The average Bonchev–Trinajstić information content (AvgIpc) is 3.33. The van der Waals surface area contributed by atoms with Gasteiger partial charge >= 0.3 is 0 Å². The van der Waals surface area contributed by atoms with Crippen LogP contribution in [0.2, 0.25) is 0 Å². The molecule has 1 aromatic heterocycles. The van der Waals surface area contributed by atoms with Gasteiger partial charge in [0.15, 0.2) is 11.5 Å².